The Morgan fingerprint density at radius 1 is 0.570 bits per heavy atom. The van der Waals surface area contributed by atoms with E-state index in [0.29, 0.717) is 108 Å². The normalized spacial score (nSPS) is 13.9. The first-order valence-corrected chi connectivity index (χ1v) is 37.5. The van der Waals surface area contributed by atoms with E-state index in [9.17, 15) is 50.2 Å². The van der Waals surface area contributed by atoms with Crippen LogP contribution in [0, 0.1) is 0 Å². The lowest BCUT2D eigenvalue weighted by Crippen LogP contribution is -2.30. The maximum atomic E-state index is 13.8. The fourth-order valence-electron chi connectivity index (χ4n) is 10.8. The van der Waals surface area contributed by atoms with Crippen LogP contribution in [0.1, 0.15) is 89.8 Å². The van der Waals surface area contributed by atoms with Crippen molar-refractivity contribution in [3.8, 4) is 11.5 Å². The van der Waals surface area contributed by atoms with Gasteiger partial charge in [0.1, 0.15) is 34.5 Å². The van der Waals surface area contributed by atoms with Crippen molar-refractivity contribution in [3.63, 3.8) is 0 Å². The van der Waals surface area contributed by atoms with E-state index in [2.05, 4.69) is 51.1 Å². The third-order valence-electron chi connectivity index (χ3n) is 15.9. The summed E-state index contributed by atoms with van der Waals surface area (Å²) in [6.45, 7) is 15.4. The second kappa shape index (κ2) is 34.1. The second-order valence-corrected chi connectivity index (χ2v) is 28.4. The summed E-state index contributed by atoms with van der Waals surface area (Å²) in [5, 5.41) is 41.6. The molecule has 0 saturated carbocycles. The van der Waals surface area contributed by atoms with Gasteiger partial charge in [0.25, 0.3) is 32.1 Å². The Kier molecular flexibility index (Phi) is 25.6. The van der Waals surface area contributed by atoms with Crippen LogP contribution in [-0.4, -0.2) is 158 Å². The maximum absolute atomic E-state index is 13.8. The summed E-state index contributed by atoms with van der Waals surface area (Å²) in [6.07, 6.45) is 8.41. The quantitative estimate of drug-likeness (QED) is 0.00530. The van der Waals surface area contributed by atoms with Gasteiger partial charge >= 0.3 is 0 Å². The summed E-state index contributed by atoms with van der Waals surface area (Å²) < 4.78 is 77.7. The topological polar surface area (TPSA) is 391 Å². The smallest absolute Gasteiger partial charge is 0.294 e. The Hall–Kier alpha value is -9.36. The fourth-order valence-corrected chi connectivity index (χ4v) is 14.1. The number of Topliss-reactive ketones (excluding diaryl/α,β-unsaturated/α-hetero) is 2. The van der Waals surface area contributed by atoms with Crippen molar-refractivity contribution in [2.24, 2.45) is 20.5 Å². The van der Waals surface area contributed by atoms with Gasteiger partial charge in [0.2, 0.25) is 22.2 Å². The van der Waals surface area contributed by atoms with Crippen molar-refractivity contribution in [3.05, 3.63) is 93.7 Å². The zero-order valence-corrected chi connectivity index (χ0v) is 60.3. The van der Waals surface area contributed by atoms with E-state index in [1.807, 2.05) is 39.8 Å². The number of amides is 2. The summed E-state index contributed by atoms with van der Waals surface area (Å²) in [5.74, 6) is -0.403. The largest absolute Gasteiger partial charge is 0.494 e. The van der Waals surface area contributed by atoms with Crippen LogP contribution in [0.15, 0.2) is 119 Å². The zero-order valence-electron chi connectivity index (χ0n) is 56.2. The van der Waals surface area contributed by atoms with Gasteiger partial charge in [-0.05, 0) is 153 Å². The fraction of sp³-hybridized carbons (Fsp3) is 0.369. The van der Waals surface area contributed by atoms with Crippen molar-refractivity contribution in [1.82, 2.24) is 24.9 Å². The Morgan fingerprint density at radius 3 is 1.28 bits per heavy atom. The van der Waals surface area contributed by atoms with E-state index in [4.69, 9.17) is 44.6 Å². The van der Waals surface area contributed by atoms with E-state index >= 15 is 0 Å². The number of azo groups is 2. The number of benzene rings is 4. The molecule has 2 saturated heterocycles. The number of piperidine rings is 2. The minimum Gasteiger partial charge on any atom is -0.494 e. The molecule has 0 radical (unpaired) electrons. The molecule has 35 heteroatoms. The Morgan fingerprint density at radius 2 is 0.950 bits per heavy atom. The highest BCUT2D eigenvalue weighted by Gasteiger charge is 2.27. The predicted octanol–water partition coefficient (Wildman–Crippen LogP) is 12.6. The van der Waals surface area contributed by atoms with Gasteiger partial charge in [-0.1, -0.05) is 34.4 Å². The van der Waals surface area contributed by atoms with Crippen molar-refractivity contribution in [2.45, 2.75) is 95.0 Å². The molecule has 2 aliphatic rings. The van der Waals surface area contributed by atoms with E-state index in [1.165, 1.54) is 62.0 Å². The van der Waals surface area contributed by atoms with Gasteiger partial charge in [0, 0.05) is 81.6 Å². The average Bonchev–Trinajstić information content (AvgIpc) is 1.30. The summed E-state index contributed by atoms with van der Waals surface area (Å²) >= 11 is 3.38. The van der Waals surface area contributed by atoms with Gasteiger partial charge in [-0.25, -0.2) is 0 Å². The van der Waals surface area contributed by atoms with Crippen LogP contribution in [-0.2, 0) is 39.4 Å². The predicted molar refractivity (Wildman–Crippen MR) is 389 cm³/mol. The molecular weight excluding hydrogens is 1390 g/mol. The number of aromatic nitrogens is 5. The molecule has 7 aromatic rings. The van der Waals surface area contributed by atoms with Crippen LogP contribution in [0.3, 0.4) is 0 Å². The highest BCUT2D eigenvalue weighted by Crippen LogP contribution is 2.45. The number of nitrogens with zero attached hydrogens (tertiary/aromatic N) is 13. The molecule has 0 bridgehead atoms. The summed E-state index contributed by atoms with van der Waals surface area (Å²) in [6, 6.07) is 16.8. The van der Waals surface area contributed by atoms with Gasteiger partial charge in [-0.15, -0.1) is 20.5 Å². The van der Waals surface area contributed by atoms with Gasteiger partial charge in [-0.2, -0.15) is 41.8 Å². The molecule has 530 valence electrons. The van der Waals surface area contributed by atoms with Crippen molar-refractivity contribution in [1.29, 1.82) is 0 Å². The first-order valence-electron chi connectivity index (χ1n) is 32.0. The number of aliphatic hydroxyl groups is 1. The van der Waals surface area contributed by atoms with Crippen LogP contribution in [0.4, 0.5) is 79.3 Å². The number of thiazole rings is 2. The average molecular weight is 1460 g/mol. The summed E-state index contributed by atoms with van der Waals surface area (Å²) in [7, 11) is -5.90. The second-order valence-electron chi connectivity index (χ2n) is 22.5. The van der Waals surface area contributed by atoms with Crippen LogP contribution in [0.5, 0.6) is 11.5 Å². The number of aliphatic hydroxyl groups excluding tert-OH is 1. The Bertz CT molecular complexity index is 4210. The molecule has 2 aliphatic heterocycles. The maximum Gasteiger partial charge on any atom is 0.294 e. The van der Waals surface area contributed by atoms with Crippen molar-refractivity contribution in [2.75, 3.05) is 120 Å². The third-order valence-corrected chi connectivity index (χ3v) is 20.2. The Labute approximate surface area is 591 Å². The molecule has 0 atom stereocenters. The molecule has 0 spiro atoms. The molecule has 0 unspecified atom stereocenters. The molecule has 3 aromatic heterocycles. The first-order chi connectivity index (χ1) is 47.9. The zero-order chi connectivity index (χ0) is 71.8. The number of ketones is 2. The molecule has 5 heterocycles. The van der Waals surface area contributed by atoms with Crippen LogP contribution < -0.4 is 50.3 Å². The molecule has 2 fully saturated rings. The molecule has 30 nitrogen and oxygen atoms in total. The number of hydrogen-bond donors (Lipinski definition) is 7. The van der Waals surface area contributed by atoms with Gasteiger partial charge in [0.15, 0.2) is 16.7 Å². The lowest BCUT2D eigenvalue weighted by molar-refractivity contribution is -0.120. The molecular formula is C65H77N17O13S5. The van der Waals surface area contributed by atoms with Gasteiger partial charge in [-0.3, -0.25) is 28.3 Å². The SMILES string of the molecule is CCN(CC)c1cc(Nc2nc(Nc3cc(N(CC)CC)c(OC)cc3/N=N/c3nc(N4CCCCC4)c(/C=C(\C(C)=O)C(=O)Nc4ccc(S(=O)(=O)O)cc4)s3)nc(SCCO)n2)c(/N=N/c2nc(N3CCCCC3)c(/C=C(/C(C)=O)C(=O)Nc3ccc(S(=O)(=O)O)cc3)s2)cc1OC. The molecule has 9 rings (SSSR count). The number of carbonyl (C=O) groups excluding carboxylic acids is 4. The van der Waals surface area contributed by atoms with Crippen LogP contribution in [0.25, 0.3) is 12.2 Å². The van der Waals surface area contributed by atoms with E-state index < -0.39 is 43.6 Å². The standard InChI is InChI=1S/C65H77N17O13S5/c1-9-79(10-2)51-35-47(49(37-53(51)94-7)75-77-64-70-57(81-27-15-13-16-28-81)55(97-64)33-45(39(5)84)59(86)66-41-19-23-43(24-20-41)99(88,89)90)68-61-72-62(74-63(73-61)96-32-31-83)69-48-36-52(80(11-3)12-4)54(95-8)38-50(48)76-78-65-71-58(82-29-17-14-18-30-82)56(98-65)34-46(40(6)85)60(87)67-42-21-25-44(26-22-42)100(91,92)93/h19-26,33-38,83H,9-18,27-32H2,1-8H3,(H,66,86)(H,67,87)(H,88,89,90)(H,91,92,93)(H2,68,69,72,73,74)/b45-33-,46-34+,77-75+,78-76+. The highest BCUT2D eigenvalue weighted by molar-refractivity contribution is 7.99. The number of hydrogen-bond acceptors (Lipinski definition) is 29. The number of methoxy groups -OCH3 is 2. The number of anilines is 10. The lowest BCUT2D eigenvalue weighted by atomic mass is 10.1. The summed E-state index contributed by atoms with van der Waals surface area (Å²) in [5.41, 5.74) is 2.62. The first kappa shape index (κ1) is 74.9. The number of nitrogens with one attached hydrogen (secondary N) is 4. The van der Waals surface area contributed by atoms with E-state index in [-0.39, 0.29) is 83.4 Å². The molecule has 7 N–H and O–H groups in total. The minimum atomic E-state index is -4.50. The van der Waals surface area contributed by atoms with E-state index in [1.54, 1.807) is 26.4 Å². The van der Waals surface area contributed by atoms with Gasteiger partial charge < -0.3 is 55.4 Å². The van der Waals surface area contributed by atoms with Gasteiger partial charge in [0.05, 0.1) is 74.3 Å². The monoisotopic (exact) mass is 1460 g/mol. The molecule has 4 aromatic carbocycles. The molecule has 0 aliphatic carbocycles. The number of ether oxygens (including phenoxy) is 2. The molecule has 2 amide bonds. The molecule has 100 heavy (non-hydrogen) atoms. The summed E-state index contributed by atoms with van der Waals surface area (Å²) in [4.78, 5) is 86.9. The minimum absolute atomic E-state index is 0.0476. The number of carbonyl (C=O) groups is 4. The number of thioether (sulfide) groups is 1. The number of rotatable bonds is 31. The third kappa shape index (κ3) is 19.1. The van der Waals surface area contributed by atoms with Crippen LogP contribution in [0.2, 0.25) is 0 Å². The lowest BCUT2D eigenvalue weighted by Gasteiger charge is -2.27. The van der Waals surface area contributed by atoms with Crippen LogP contribution >= 0.6 is 34.4 Å². The Balaban J connectivity index is 1.10. The van der Waals surface area contributed by atoms with Crippen molar-refractivity contribution >= 4 is 169 Å². The highest BCUT2D eigenvalue weighted by atomic mass is 32.2. The van der Waals surface area contributed by atoms with E-state index in [0.717, 1.165) is 85.5 Å². The van der Waals surface area contributed by atoms with Crippen molar-refractivity contribution < 1.29 is 59.7 Å².